The molecule has 0 bridgehead atoms. The van der Waals surface area contributed by atoms with Gasteiger partial charge in [-0.15, -0.1) is 0 Å². The second kappa shape index (κ2) is 7.05. The molecule has 1 atom stereocenters. The first-order chi connectivity index (χ1) is 9.05. The van der Waals surface area contributed by atoms with E-state index in [0.717, 1.165) is 6.54 Å². The van der Waals surface area contributed by atoms with Crippen molar-refractivity contribution in [1.82, 2.24) is 9.80 Å². The number of rotatable bonds is 4. The molecule has 3 nitrogen and oxygen atoms in total. The molecule has 19 heavy (non-hydrogen) atoms. The van der Waals surface area contributed by atoms with E-state index in [2.05, 4.69) is 23.6 Å². The zero-order valence-corrected chi connectivity index (χ0v) is 13.0. The summed E-state index contributed by atoms with van der Waals surface area (Å²) < 4.78 is 0. The first-order valence-electron chi connectivity index (χ1n) is 8.25. The minimum absolute atomic E-state index is 0.390. The fourth-order valence-electron chi connectivity index (χ4n) is 3.79. The molecule has 2 saturated heterocycles. The zero-order chi connectivity index (χ0) is 13.7. The van der Waals surface area contributed by atoms with Gasteiger partial charge in [-0.2, -0.15) is 0 Å². The summed E-state index contributed by atoms with van der Waals surface area (Å²) in [5.74, 6) is 0. The van der Waals surface area contributed by atoms with Crippen LogP contribution in [0.25, 0.3) is 0 Å². The second-order valence-corrected chi connectivity index (χ2v) is 7.49. The van der Waals surface area contributed by atoms with Gasteiger partial charge in [0.2, 0.25) is 0 Å². The topological polar surface area (TPSA) is 32.5 Å². The normalized spacial score (nSPS) is 28.3. The fourth-order valence-corrected chi connectivity index (χ4v) is 3.79. The van der Waals surface area contributed by atoms with Gasteiger partial charge >= 0.3 is 0 Å². The van der Waals surface area contributed by atoms with Crippen LogP contribution < -0.4 is 5.73 Å². The molecule has 2 aliphatic rings. The molecular weight excluding hydrogens is 234 g/mol. The average Bonchev–Trinajstić information content (AvgIpc) is 2.56. The smallest absolute Gasteiger partial charge is 0.0168 e. The van der Waals surface area contributed by atoms with Crippen molar-refractivity contribution in [3.63, 3.8) is 0 Å². The van der Waals surface area contributed by atoms with Crippen molar-refractivity contribution in [3.05, 3.63) is 0 Å². The highest BCUT2D eigenvalue weighted by molar-refractivity contribution is 4.83. The van der Waals surface area contributed by atoms with E-state index in [9.17, 15) is 0 Å². The number of nitrogens with zero attached hydrogens (tertiary/aromatic N) is 2. The van der Waals surface area contributed by atoms with Crippen LogP contribution in [-0.4, -0.2) is 55.1 Å². The standard InChI is InChI=1S/C16H33N3/c1-16(2,13-18-9-5-3-4-6-10-18)14-19-11-7-8-15(17)12-19/h15H,3-14,17H2,1-2H3. The molecular formula is C16H33N3. The van der Waals surface area contributed by atoms with Gasteiger partial charge in [0, 0.05) is 25.7 Å². The molecule has 0 spiro atoms. The second-order valence-electron chi connectivity index (χ2n) is 7.49. The molecule has 3 heteroatoms. The molecule has 0 aromatic carbocycles. The van der Waals surface area contributed by atoms with E-state index in [-0.39, 0.29) is 0 Å². The van der Waals surface area contributed by atoms with Gasteiger partial charge in [0.1, 0.15) is 0 Å². The summed E-state index contributed by atoms with van der Waals surface area (Å²) in [4.78, 5) is 5.28. The van der Waals surface area contributed by atoms with E-state index in [0.29, 0.717) is 11.5 Å². The molecule has 112 valence electrons. The number of hydrogen-bond donors (Lipinski definition) is 1. The fraction of sp³-hybridized carbons (Fsp3) is 1.00. The van der Waals surface area contributed by atoms with Crippen LogP contribution in [0.4, 0.5) is 0 Å². The van der Waals surface area contributed by atoms with Crippen molar-refractivity contribution in [3.8, 4) is 0 Å². The van der Waals surface area contributed by atoms with Crippen molar-refractivity contribution in [2.24, 2.45) is 11.1 Å². The Balaban J connectivity index is 1.79. The third-order valence-electron chi connectivity index (χ3n) is 4.54. The maximum atomic E-state index is 6.10. The van der Waals surface area contributed by atoms with E-state index < -0.39 is 0 Å². The van der Waals surface area contributed by atoms with Crippen LogP contribution in [0.1, 0.15) is 52.4 Å². The summed E-state index contributed by atoms with van der Waals surface area (Å²) in [6.07, 6.45) is 8.13. The summed E-state index contributed by atoms with van der Waals surface area (Å²) in [5.41, 5.74) is 6.49. The lowest BCUT2D eigenvalue weighted by Crippen LogP contribution is -2.48. The quantitative estimate of drug-likeness (QED) is 0.848. The molecule has 0 aromatic heterocycles. The highest BCUT2D eigenvalue weighted by Gasteiger charge is 2.27. The summed E-state index contributed by atoms with van der Waals surface area (Å²) >= 11 is 0. The third-order valence-corrected chi connectivity index (χ3v) is 4.54. The van der Waals surface area contributed by atoms with Gasteiger partial charge in [-0.1, -0.05) is 26.7 Å². The number of likely N-dealkylation sites (tertiary alicyclic amines) is 2. The van der Waals surface area contributed by atoms with Crippen molar-refractivity contribution >= 4 is 0 Å². The van der Waals surface area contributed by atoms with Gasteiger partial charge in [0.25, 0.3) is 0 Å². The largest absolute Gasteiger partial charge is 0.327 e. The van der Waals surface area contributed by atoms with Crippen molar-refractivity contribution < 1.29 is 0 Å². The van der Waals surface area contributed by atoms with Gasteiger partial charge in [-0.05, 0) is 50.7 Å². The maximum absolute atomic E-state index is 6.10. The lowest BCUT2D eigenvalue weighted by Gasteiger charge is -2.39. The molecule has 2 fully saturated rings. The molecule has 2 rings (SSSR count). The average molecular weight is 267 g/mol. The maximum Gasteiger partial charge on any atom is 0.0168 e. The van der Waals surface area contributed by atoms with E-state index in [1.165, 1.54) is 71.2 Å². The lowest BCUT2D eigenvalue weighted by atomic mass is 9.90. The Hall–Kier alpha value is -0.120. The molecule has 2 aliphatic heterocycles. The van der Waals surface area contributed by atoms with Gasteiger partial charge in [-0.25, -0.2) is 0 Å². The van der Waals surface area contributed by atoms with Crippen molar-refractivity contribution in [1.29, 1.82) is 0 Å². The van der Waals surface area contributed by atoms with Crippen LogP contribution >= 0.6 is 0 Å². The van der Waals surface area contributed by atoms with Crippen molar-refractivity contribution in [2.45, 2.75) is 58.4 Å². The molecule has 0 amide bonds. The molecule has 0 radical (unpaired) electrons. The predicted octanol–water partition coefficient (Wildman–Crippen LogP) is 2.31. The summed E-state index contributed by atoms with van der Waals surface area (Å²) in [5, 5.41) is 0. The summed E-state index contributed by atoms with van der Waals surface area (Å²) in [6.45, 7) is 12.3. The van der Waals surface area contributed by atoms with Crippen LogP contribution in [0, 0.1) is 5.41 Å². The molecule has 2 heterocycles. The molecule has 0 aliphatic carbocycles. The first kappa shape index (κ1) is 15.3. The predicted molar refractivity (Wildman–Crippen MR) is 82.3 cm³/mol. The van der Waals surface area contributed by atoms with E-state index in [4.69, 9.17) is 5.73 Å². The molecule has 0 aromatic rings. The van der Waals surface area contributed by atoms with Gasteiger partial charge in [0.05, 0.1) is 0 Å². The van der Waals surface area contributed by atoms with Crippen LogP contribution in [0.5, 0.6) is 0 Å². The van der Waals surface area contributed by atoms with Gasteiger partial charge in [0.15, 0.2) is 0 Å². The Bertz CT molecular complexity index is 251. The molecule has 1 unspecified atom stereocenters. The summed E-state index contributed by atoms with van der Waals surface area (Å²) in [7, 11) is 0. The highest BCUT2D eigenvalue weighted by Crippen LogP contribution is 2.23. The SMILES string of the molecule is CC(C)(CN1CCCCCC1)CN1CCCC(N)C1. The van der Waals surface area contributed by atoms with E-state index >= 15 is 0 Å². The van der Waals surface area contributed by atoms with Crippen molar-refractivity contribution in [2.75, 3.05) is 39.3 Å². The minimum Gasteiger partial charge on any atom is -0.327 e. The van der Waals surface area contributed by atoms with Crippen LogP contribution in [0.2, 0.25) is 0 Å². The van der Waals surface area contributed by atoms with Gasteiger partial charge < -0.3 is 15.5 Å². The number of hydrogen-bond acceptors (Lipinski definition) is 3. The minimum atomic E-state index is 0.390. The zero-order valence-electron chi connectivity index (χ0n) is 13.0. The van der Waals surface area contributed by atoms with E-state index in [1.54, 1.807) is 0 Å². The first-order valence-corrected chi connectivity index (χ1v) is 8.25. The summed E-state index contributed by atoms with van der Waals surface area (Å²) in [6, 6.07) is 0.405. The lowest BCUT2D eigenvalue weighted by molar-refractivity contribution is 0.103. The Morgan fingerprint density at radius 1 is 0.895 bits per heavy atom. The Morgan fingerprint density at radius 3 is 2.11 bits per heavy atom. The van der Waals surface area contributed by atoms with Crippen LogP contribution in [0.3, 0.4) is 0 Å². The third kappa shape index (κ3) is 5.41. The van der Waals surface area contributed by atoms with Crippen LogP contribution in [-0.2, 0) is 0 Å². The Kier molecular flexibility index (Phi) is 5.67. The Labute approximate surface area is 119 Å². The van der Waals surface area contributed by atoms with Gasteiger partial charge in [-0.3, -0.25) is 0 Å². The Morgan fingerprint density at radius 2 is 1.47 bits per heavy atom. The number of nitrogens with two attached hydrogens (primary N) is 1. The van der Waals surface area contributed by atoms with Crippen LogP contribution in [0.15, 0.2) is 0 Å². The van der Waals surface area contributed by atoms with E-state index in [1.807, 2.05) is 0 Å². The monoisotopic (exact) mass is 267 g/mol. The molecule has 2 N–H and O–H groups in total. The number of piperidine rings is 1. The molecule has 0 saturated carbocycles. The highest BCUT2D eigenvalue weighted by atomic mass is 15.2.